The van der Waals surface area contributed by atoms with Crippen LogP contribution in [0.25, 0.3) is 0 Å². The molecule has 3 N–H and O–H groups in total. The lowest BCUT2D eigenvalue weighted by Gasteiger charge is -2.40. The van der Waals surface area contributed by atoms with Crippen molar-refractivity contribution in [3.8, 4) is 0 Å². The van der Waals surface area contributed by atoms with Crippen molar-refractivity contribution in [1.29, 1.82) is 0 Å². The molecule has 84 valence electrons. The maximum absolute atomic E-state index is 9.61. The summed E-state index contributed by atoms with van der Waals surface area (Å²) >= 11 is 1.35. The maximum atomic E-state index is 9.61. The minimum Gasteiger partial charge on any atom is -0.388 e. The van der Waals surface area contributed by atoms with E-state index in [-0.39, 0.29) is 6.10 Å². The molecule has 0 bridgehead atoms. The van der Waals surface area contributed by atoms with E-state index in [9.17, 15) is 15.3 Å². The molecule has 0 spiro atoms. The van der Waals surface area contributed by atoms with Crippen molar-refractivity contribution in [1.82, 2.24) is 0 Å². The zero-order chi connectivity index (χ0) is 10.7. The highest BCUT2D eigenvalue weighted by molar-refractivity contribution is 7.99. The molecule has 1 saturated heterocycles. The molecular formula is C9H18O4S. The van der Waals surface area contributed by atoms with Crippen LogP contribution in [-0.2, 0) is 4.74 Å². The van der Waals surface area contributed by atoms with Crippen LogP contribution in [0.5, 0.6) is 0 Å². The molecule has 0 saturated carbocycles. The van der Waals surface area contributed by atoms with Crippen molar-refractivity contribution in [2.24, 2.45) is 0 Å². The summed E-state index contributed by atoms with van der Waals surface area (Å²) in [6.07, 6.45) is -0.0651. The van der Waals surface area contributed by atoms with Gasteiger partial charge in [-0.2, -0.15) is 0 Å². The van der Waals surface area contributed by atoms with Crippen LogP contribution in [0.15, 0.2) is 0 Å². The van der Waals surface area contributed by atoms with E-state index in [0.29, 0.717) is 6.42 Å². The van der Waals surface area contributed by atoms with Gasteiger partial charge in [0.05, 0.1) is 6.10 Å². The van der Waals surface area contributed by atoms with Crippen molar-refractivity contribution < 1.29 is 20.1 Å². The molecule has 1 fully saturated rings. The molecule has 4 nitrogen and oxygen atoms in total. The van der Waals surface area contributed by atoms with Crippen LogP contribution < -0.4 is 0 Å². The third-order valence-electron chi connectivity index (χ3n) is 2.47. The maximum Gasteiger partial charge on any atom is 0.132 e. The molecular weight excluding hydrogens is 204 g/mol. The standard InChI is InChI=1S/C9H18O4S/c1-3-4-5-6(10)7(11)8(12)9(13-5)14-2/h5-12H,3-4H2,1-2H3. The van der Waals surface area contributed by atoms with E-state index in [1.54, 1.807) is 6.26 Å². The van der Waals surface area contributed by atoms with Crippen LogP contribution in [0.4, 0.5) is 0 Å². The van der Waals surface area contributed by atoms with E-state index in [2.05, 4.69) is 0 Å². The van der Waals surface area contributed by atoms with Gasteiger partial charge in [-0.15, -0.1) is 11.8 Å². The number of hydrogen-bond donors (Lipinski definition) is 3. The number of aliphatic hydroxyl groups is 3. The normalized spacial score (nSPS) is 43.9. The average molecular weight is 222 g/mol. The number of thioether (sulfide) groups is 1. The lowest BCUT2D eigenvalue weighted by atomic mass is 9.97. The Bertz CT molecular complexity index is 174. The van der Waals surface area contributed by atoms with Crippen LogP contribution >= 0.6 is 11.8 Å². The van der Waals surface area contributed by atoms with Gasteiger partial charge in [0.1, 0.15) is 23.7 Å². The van der Waals surface area contributed by atoms with Gasteiger partial charge in [-0.25, -0.2) is 0 Å². The first-order chi connectivity index (χ1) is 6.61. The van der Waals surface area contributed by atoms with Gasteiger partial charge in [0.2, 0.25) is 0 Å². The summed E-state index contributed by atoms with van der Waals surface area (Å²) < 4.78 is 5.47. The second-order valence-electron chi connectivity index (χ2n) is 3.54. The van der Waals surface area contributed by atoms with E-state index in [4.69, 9.17) is 4.74 Å². The summed E-state index contributed by atoms with van der Waals surface area (Å²) in [4.78, 5) is 0. The van der Waals surface area contributed by atoms with Crippen LogP contribution in [0.1, 0.15) is 19.8 Å². The lowest BCUT2D eigenvalue weighted by molar-refractivity contribution is -0.199. The van der Waals surface area contributed by atoms with Gasteiger partial charge in [-0.3, -0.25) is 0 Å². The topological polar surface area (TPSA) is 69.9 Å². The van der Waals surface area contributed by atoms with Crippen LogP contribution in [-0.4, -0.2) is 51.4 Å². The molecule has 0 aromatic heterocycles. The molecule has 1 aliphatic rings. The summed E-state index contributed by atoms with van der Waals surface area (Å²) in [5.41, 5.74) is -0.440. The molecule has 5 atom stereocenters. The van der Waals surface area contributed by atoms with Crippen molar-refractivity contribution >= 4 is 11.8 Å². The zero-order valence-electron chi connectivity index (χ0n) is 8.46. The van der Waals surface area contributed by atoms with E-state index >= 15 is 0 Å². The molecule has 0 aliphatic carbocycles. The first-order valence-corrected chi connectivity index (χ1v) is 6.13. The fraction of sp³-hybridized carbons (Fsp3) is 1.00. The summed E-state index contributed by atoms with van der Waals surface area (Å²) in [5.74, 6) is 0. The molecule has 0 amide bonds. The third kappa shape index (κ3) is 2.41. The minimum absolute atomic E-state index is 0.365. The first-order valence-electron chi connectivity index (χ1n) is 4.84. The Balaban J connectivity index is 2.63. The monoisotopic (exact) mass is 222 g/mol. The highest BCUT2D eigenvalue weighted by Crippen LogP contribution is 2.28. The Morgan fingerprint density at radius 3 is 2.29 bits per heavy atom. The molecule has 0 radical (unpaired) electrons. The number of aliphatic hydroxyl groups excluding tert-OH is 3. The van der Waals surface area contributed by atoms with Gasteiger partial charge in [0.25, 0.3) is 0 Å². The number of rotatable bonds is 3. The number of hydrogen-bond acceptors (Lipinski definition) is 5. The molecule has 0 aromatic carbocycles. The minimum atomic E-state index is -1.10. The van der Waals surface area contributed by atoms with Gasteiger partial charge in [0, 0.05) is 0 Å². The summed E-state index contributed by atoms with van der Waals surface area (Å²) in [7, 11) is 0. The van der Waals surface area contributed by atoms with Crippen LogP contribution in [0, 0.1) is 0 Å². The van der Waals surface area contributed by atoms with E-state index in [1.807, 2.05) is 6.92 Å². The molecule has 1 aliphatic heterocycles. The predicted molar refractivity (Wildman–Crippen MR) is 55.1 cm³/mol. The summed E-state index contributed by atoms with van der Waals surface area (Å²) in [5, 5.41) is 28.7. The SMILES string of the molecule is CCCC1OC(SC)C(O)C(O)C1O. The van der Waals surface area contributed by atoms with E-state index in [0.717, 1.165) is 6.42 Å². The van der Waals surface area contributed by atoms with Crippen LogP contribution in [0.2, 0.25) is 0 Å². The van der Waals surface area contributed by atoms with Crippen molar-refractivity contribution in [2.75, 3.05) is 6.26 Å². The van der Waals surface area contributed by atoms with Gasteiger partial charge in [-0.1, -0.05) is 13.3 Å². The van der Waals surface area contributed by atoms with E-state index < -0.39 is 23.7 Å². The second-order valence-corrected chi connectivity index (χ2v) is 4.48. The van der Waals surface area contributed by atoms with E-state index in [1.165, 1.54) is 11.8 Å². The highest BCUT2D eigenvalue weighted by atomic mass is 32.2. The van der Waals surface area contributed by atoms with Gasteiger partial charge < -0.3 is 20.1 Å². The Kier molecular flexibility index (Phi) is 4.66. The fourth-order valence-electron chi connectivity index (χ4n) is 1.63. The molecule has 0 aromatic rings. The molecule has 14 heavy (non-hydrogen) atoms. The average Bonchev–Trinajstić information content (AvgIpc) is 2.19. The van der Waals surface area contributed by atoms with Gasteiger partial charge in [0.15, 0.2) is 0 Å². The van der Waals surface area contributed by atoms with Gasteiger partial charge in [-0.05, 0) is 12.7 Å². The van der Waals surface area contributed by atoms with Gasteiger partial charge >= 0.3 is 0 Å². The molecule has 1 rings (SSSR count). The molecule has 5 heteroatoms. The van der Waals surface area contributed by atoms with Crippen molar-refractivity contribution in [2.45, 2.75) is 49.6 Å². The lowest BCUT2D eigenvalue weighted by Crippen LogP contribution is -2.56. The Labute approximate surface area is 88.3 Å². The quantitative estimate of drug-likeness (QED) is 0.625. The van der Waals surface area contributed by atoms with Crippen molar-refractivity contribution in [3.05, 3.63) is 0 Å². The van der Waals surface area contributed by atoms with Crippen LogP contribution in [0.3, 0.4) is 0 Å². The smallest absolute Gasteiger partial charge is 0.132 e. The summed E-state index contributed by atoms with van der Waals surface area (Å²) in [6, 6.07) is 0. The fourth-order valence-corrected chi connectivity index (χ4v) is 2.33. The first kappa shape index (κ1) is 12.3. The number of ether oxygens (including phenoxy) is 1. The predicted octanol–water partition coefficient (Wildman–Crippen LogP) is -0.0429. The Hall–Kier alpha value is 0.190. The van der Waals surface area contributed by atoms with Crippen molar-refractivity contribution in [3.63, 3.8) is 0 Å². The highest BCUT2D eigenvalue weighted by Gasteiger charge is 2.42. The summed E-state index contributed by atoms with van der Waals surface area (Å²) in [6.45, 7) is 1.99. The Morgan fingerprint density at radius 2 is 1.79 bits per heavy atom. The Morgan fingerprint density at radius 1 is 1.14 bits per heavy atom. The molecule has 5 unspecified atom stereocenters. The second kappa shape index (κ2) is 5.32. The third-order valence-corrected chi connectivity index (χ3v) is 3.33. The molecule has 1 heterocycles. The zero-order valence-corrected chi connectivity index (χ0v) is 9.28. The largest absolute Gasteiger partial charge is 0.388 e.